The molecule has 0 amide bonds. The van der Waals surface area contributed by atoms with Crippen molar-refractivity contribution in [3.8, 4) is 5.69 Å². The van der Waals surface area contributed by atoms with E-state index in [1.807, 2.05) is 0 Å². The van der Waals surface area contributed by atoms with E-state index in [-0.39, 0.29) is 17.7 Å². The molecule has 2 aromatic heterocycles. The fraction of sp³-hybridized carbons (Fsp3) is 0.333. The number of nitrogens with zero attached hydrogens (tertiary/aromatic N) is 2. The summed E-state index contributed by atoms with van der Waals surface area (Å²) in [6.07, 6.45) is 2.62. The van der Waals surface area contributed by atoms with E-state index >= 15 is 0 Å². The fourth-order valence-electron chi connectivity index (χ4n) is 5.00. The quantitative estimate of drug-likeness (QED) is 0.469. The number of rotatable bonds is 5. The van der Waals surface area contributed by atoms with Crippen molar-refractivity contribution in [1.29, 1.82) is 0 Å². The summed E-state index contributed by atoms with van der Waals surface area (Å²) in [6.45, 7) is 4.26. The summed E-state index contributed by atoms with van der Waals surface area (Å²) >= 11 is 0. The van der Waals surface area contributed by atoms with Gasteiger partial charge in [-0.1, -0.05) is 13.8 Å². The number of aliphatic carboxylic acids is 1. The Morgan fingerprint density at radius 3 is 2.61 bits per heavy atom. The molecule has 31 heavy (non-hydrogen) atoms. The Morgan fingerprint density at radius 2 is 2.00 bits per heavy atom. The highest BCUT2D eigenvalue weighted by atomic mass is 19.1. The van der Waals surface area contributed by atoms with Crippen LogP contribution in [0.25, 0.3) is 27.5 Å². The second-order valence-electron chi connectivity index (χ2n) is 8.70. The third-order valence-electron chi connectivity index (χ3n) is 6.58. The Morgan fingerprint density at radius 1 is 1.29 bits per heavy atom. The average Bonchev–Trinajstić information content (AvgIpc) is 3.28. The van der Waals surface area contributed by atoms with Gasteiger partial charge in [0.1, 0.15) is 5.82 Å². The van der Waals surface area contributed by atoms with Crippen LogP contribution in [0.1, 0.15) is 49.8 Å². The molecule has 2 N–H and O–H groups in total. The Labute approximate surface area is 178 Å². The number of nitrogens with one attached hydrogen (secondary N) is 1. The predicted molar refractivity (Wildman–Crippen MR) is 116 cm³/mol. The first-order chi connectivity index (χ1) is 14.8. The minimum atomic E-state index is -1.14. The molecule has 1 fully saturated rings. The number of benzene rings is 2. The maximum Gasteiger partial charge on any atom is 0.335 e. The smallest absolute Gasteiger partial charge is 0.335 e. The number of carboxylic acids is 1. The lowest BCUT2D eigenvalue weighted by Gasteiger charge is -2.43. The molecule has 1 saturated carbocycles. The van der Waals surface area contributed by atoms with Crippen molar-refractivity contribution in [3.05, 3.63) is 59.7 Å². The van der Waals surface area contributed by atoms with Crippen LogP contribution in [-0.4, -0.2) is 38.6 Å². The second kappa shape index (κ2) is 6.92. The van der Waals surface area contributed by atoms with Crippen molar-refractivity contribution < 1.29 is 19.0 Å². The van der Waals surface area contributed by atoms with Gasteiger partial charge in [0.05, 0.1) is 17.2 Å². The monoisotopic (exact) mass is 421 g/mol. The number of carbonyl (C=O) groups is 1. The van der Waals surface area contributed by atoms with E-state index in [9.17, 15) is 14.3 Å². The first-order valence-corrected chi connectivity index (χ1v) is 10.4. The summed E-state index contributed by atoms with van der Waals surface area (Å²) in [5, 5.41) is 18.9. The van der Waals surface area contributed by atoms with Gasteiger partial charge in [0.2, 0.25) is 0 Å². The highest BCUT2D eigenvalue weighted by molar-refractivity contribution is 5.99. The summed E-state index contributed by atoms with van der Waals surface area (Å²) in [4.78, 5) is 11.8. The number of halogens is 1. The number of methoxy groups -OCH3 is 1. The topological polar surface area (TPSA) is 80.1 Å². The van der Waals surface area contributed by atoms with Crippen LogP contribution in [0.2, 0.25) is 0 Å². The molecule has 160 valence electrons. The molecule has 4 aromatic rings. The second-order valence-corrected chi connectivity index (χ2v) is 8.70. The number of fused-ring (bicyclic) bond motifs is 2. The SMILES string of the molecule is CO[C@]1(C(=O)O)C[C@H](c2c(C(C)C)n(-c3ccc(F)cc3)c3cc4cn[nH]c4cc32)C1. The third kappa shape index (κ3) is 2.87. The first-order valence-electron chi connectivity index (χ1n) is 10.4. The molecule has 0 unspecified atom stereocenters. The van der Waals surface area contributed by atoms with Gasteiger partial charge in [-0.05, 0) is 66.6 Å². The number of ether oxygens (including phenoxy) is 1. The fourth-order valence-corrected chi connectivity index (χ4v) is 5.00. The van der Waals surface area contributed by atoms with Crippen molar-refractivity contribution in [2.45, 2.75) is 44.1 Å². The largest absolute Gasteiger partial charge is 0.479 e. The standard InChI is InChI=1S/C24H24FN3O3/c1-13(2)22-21(15-10-24(11-15,31-3)23(29)30)18-9-19-14(12-26-27-19)8-20(18)28(22)17-6-4-16(25)5-7-17/h4-9,12-13,15H,10-11H2,1-3H3,(H,26,27)(H,29,30)/t15-,24+. The number of H-pyrrole nitrogens is 1. The minimum absolute atomic E-state index is 0.0537. The van der Waals surface area contributed by atoms with Gasteiger partial charge in [-0.25, -0.2) is 9.18 Å². The Balaban J connectivity index is 1.79. The zero-order valence-electron chi connectivity index (χ0n) is 17.6. The van der Waals surface area contributed by atoms with Gasteiger partial charge >= 0.3 is 5.97 Å². The summed E-state index contributed by atoms with van der Waals surface area (Å²) in [5.74, 6) is -0.978. The number of hydrogen-bond acceptors (Lipinski definition) is 3. The molecule has 0 radical (unpaired) electrons. The van der Waals surface area contributed by atoms with Crippen LogP contribution in [-0.2, 0) is 9.53 Å². The number of hydrogen-bond donors (Lipinski definition) is 2. The highest BCUT2D eigenvalue weighted by Gasteiger charge is 2.53. The van der Waals surface area contributed by atoms with E-state index < -0.39 is 11.6 Å². The van der Waals surface area contributed by atoms with Gasteiger partial charge in [0, 0.05) is 29.3 Å². The van der Waals surface area contributed by atoms with E-state index in [4.69, 9.17) is 4.74 Å². The maximum atomic E-state index is 13.6. The van der Waals surface area contributed by atoms with Crippen LogP contribution in [0.5, 0.6) is 0 Å². The zero-order valence-corrected chi connectivity index (χ0v) is 17.6. The molecule has 7 heteroatoms. The van der Waals surface area contributed by atoms with Crippen molar-refractivity contribution in [1.82, 2.24) is 14.8 Å². The lowest BCUT2D eigenvalue weighted by Crippen LogP contribution is -2.51. The average molecular weight is 421 g/mol. The molecule has 1 aliphatic rings. The van der Waals surface area contributed by atoms with Crippen molar-refractivity contribution in [3.63, 3.8) is 0 Å². The van der Waals surface area contributed by atoms with Crippen LogP contribution in [0.15, 0.2) is 42.6 Å². The van der Waals surface area contributed by atoms with Crippen LogP contribution < -0.4 is 0 Å². The molecular formula is C24H24FN3O3. The Hall–Kier alpha value is -3.19. The lowest BCUT2D eigenvalue weighted by molar-refractivity contribution is -0.175. The lowest BCUT2D eigenvalue weighted by atomic mass is 9.66. The van der Waals surface area contributed by atoms with E-state index in [2.05, 4.69) is 40.7 Å². The van der Waals surface area contributed by atoms with Crippen molar-refractivity contribution >= 4 is 27.8 Å². The van der Waals surface area contributed by atoms with E-state index in [0.717, 1.165) is 38.8 Å². The predicted octanol–water partition coefficient (Wildman–Crippen LogP) is 5.12. The summed E-state index contributed by atoms with van der Waals surface area (Å²) in [5.41, 5.74) is 3.92. The maximum absolute atomic E-state index is 13.6. The molecule has 0 saturated heterocycles. The zero-order chi connectivity index (χ0) is 21.9. The number of aromatic amines is 1. The van der Waals surface area contributed by atoms with Crippen molar-refractivity contribution in [2.75, 3.05) is 7.11 Å². The van der Waals surface area contributed by atoms with Gasteiger partial charge in [0.15, 0.2) is 5.60 Å². The van der Waals surface area contributed by atoms with Crippen LogP contribution >= 0.6 is 0 Å². The normalized spacial score (nSPS) is 21.1. The summed E-state index contributed by atoms with van der Waals surface area (Å²) in [7, 11) is 1.46. The summed E-state index contributed by atoms with van der Waals surface area (Å²) < 4.78 is 21.2. The first kappa shape index (κ1) is 19.8. The molecule has 2 heterocycles. The number of aromatic nitrogens is 3. The molecule has 0 spiro atoms. The third-order valence-corrected chi connectivity index (χ3v) is 6.58. The van der Waals surface area contributed by atoms with Gasteiger partial charge in [-0.15, -0.1) is 0 Å². The van der Waals surface area contributed by atoms with Crippen molar-refractivity contribution in [2.24, 2.45) is 0 Å². The molecule has 0 bridgehead atoms. The van der Waals surface area contributed by atoms with Gasteiger partial charge in [-0.3, -0.25) is 5.10 Å². The molecule has 2 aromatic carbocycles. The molecule has 0 atom stereocenters. The van der Waals surface area contributed by atoms with Gasteiger partial charge in [0.25, 0.3) is 0 Å². The van der Waals surface area contributed by atoms with Crippen LogP contribution in [0.4, 0.5) is 4.39 Å². The molecular weight excluding hydrogens is 397 g/mol. The molecule has 0 aliphatic heterocycles. The van der Waals surface area contributed by atoms with E-state index in [0.29, 0.717) is 12.8 Å². The highest BCUT2D eigenvalue weighted by Crippen LogP contribution is 2.52. The van der Waals surface area contributed by atoms with E-state index in [1.54, 1.807) is 18.3 Å². The minimum Gasteiger partial charge on any atom is -0.479 e. The Kier molecular flexibility index (Phi) is 4.41. The van der Waals surface area contributed by atoms with E-state index in [1.165, 1.54) is 19.2 Å². The van der Waals surface area contributed by atoms with Crippen LogP contribution in [0.3, 0.4) is 0 Å². The van der Waals surface area contributed by atoms with Gasteiger partial charge < -0.3 is 14.4 Å². The molecule has 1 aliphatic carbocycles. The molecule has 5 rings (SSSR count). The summed E-state index contributed by atoms with van der Waals surface area (Å²) in [6, 6.07) is 10.7. The van der Waals surface area contributed by atoms with Gasteiger partial charge in [-0.2, -0.15) is 5.10 Å². The molecule has 6 nitrogen and oxygen atoms in total. The Bertz CT molecular complexity index is 1300. The number of carboxylic acid groups (broad SMARTS) is 1. The van der Waals surface area contributed by atoms with Crippen LogP contribution in [0, 0.1) is 5.82 Å².